The molecule has 0 saturated carbocycles. The Labute approximate surface area is 149 Å². The van der Waals surface area contributed by atoms with Crippen molar-refractivity contribution in [2.45, 2.75) is 29.4 Å². The van der Waals surface area contributed by atoms with Crippen LogP contribution < -0.4 is 9.88 Å². The predicted molar refractivity (Wildman–Crippen MR) is 87.0 cm³/mol. The van der Waals surface area contributed by atoms with Crippen molar-refractivity contribution in [1.82, 2.24) is 9.88 Å². The van der Waals surface area contributed by atoms with E-state index in [1.165, 1.54) is 0 Å². The Hall–Kier alpha value is -1.89. The number of ether oxygens (including phenoxy) is 2. The Kier molecular flexibility index (Phi) is 5.10. The highest BCUT2D eigenvalue weighted by atomic mass is 32.2. The topological polar surface area (TPSA) is 138 Å². The molecule has 26 heavy (non-hydrogen) atoms. The van der Waals surface area contributed by atoms with E-state index in [2.05, 4.69) is 9.88 Å². The molecule has 2 N–H and O–H groups in total. The van der Waals surface area contributed by atoms with Crippen LogP contribution in [0.25, 0.3) is 0 Å². The number of hydrogen-bond donors (Lipinski definition) is 1. The van der Waals surface area contributed by atoms with Crippen LogP contribution in [-0.4, -0.2) is 67.8 Å². The Bertz CT molecular complexity index is 793. The highest BCUT2D eigenvalue weighted by Crippen LogP contribution is 2.32. The number of halogens is 1. The lowest BCUT2D eigenvalue weighted by Gasteiger charge is -2.43. The minimum atomic E-state index is -4.15. The molecule has 0 spiro atoms. The zero-order valence-corrected chi connectivity index (χ0v) is 14.7. The lowest BCUT2D eigenvalue weighted by atomic mass is 9.93. The standard InChI is InChI=1S/C14H19FN4O6S/c15-14(1-3-18(4-2-14)10-7-24-8-10)9-25-13-12(19(20)21)5-11(6-17-13)26(16,22)23/h5-6,10H,1-4,7-9H2,(H2,16,22,23). The number of piperidine rings is 1. The first-order valence-electron chi connectivity index (χ1n) is 7.99. The molecule has 1 aromatic rings. The summed E-state index contributed by atoms with van der Waals surface area (Å²) < 4.78 is 47.9. The molecule has 0 bridgehead atoms. The van der Waals surface area contributed by atoms with Crippen LogP contribution >= 0.6 is 0 Å². The second kappa shape index (κ2) is 7.02. The lowest BCUT2D eigenvalue weighted by Crippen LogP contribution is -2.55. The van der Waals surface area contributed by atoms with Gasteiger partial charge in [0.05, 0.1) is 30.4 Å². The number of alkyl halides is 1. The number of rotatable bonds is 6. The van der Waals surface area contributed by atoms with Crippen molar-refractivity contribution in [1.29, 1.82) is 0 Å². The third-order valence-electron chi connectivity index (χ3n) is 4.63. The molecule has 0 atom stereocenters. The molecule has 10 nitrogen and oxygen atoms in total. The van der Waals surface area contributed by atoms with Gasteiger partial charge in [-0.1, -0.05) is 0 Å². The first kappa shape index (κ1) is 18.9. The van der Waals surface area contributed by atoms with Gasteiger partial charge in [0.1, 0.15) is 17.2 Å². The van der Waals surface area contributed by atoms with Gasteiger partial charge in [0.2, 0.25) is 10.0 Å². The maximum atomic E-state index is 14.9. The summed E-state index contributed by atoms with van der Waals surface area (Å²) in [5, 5.41) is 16.1. The summed E-state index contributed by atoms with van der Waals surface area (Å²) in [4.78, 5) is 15.6. The van der Waals surface area contributed by atoms with Crippen LogP contribution in [0.1, 0.15) is 12.8 Å². The molecule has 144 valence electrons. The zero-order chi connectivity index (χ0) is 18.9. The van der Waals surface area contributed by atoms with Crippen molar-refractivity contribution in [3.05, 3.63) is 22.4 Å². The second-order valence-electron chi connectivity index (χ2n) is 6.46. The van der Waals surface area contributed by atoms with Gasteiger partial charge in [-0.25, -0.2) is 22.9 Å². The number of likely N-dealkylation sites (tertiary alicyclic amines) is 1. The van der Waals surface area contributed by atoms with Gasteiger partial charge in [-0.15, -0.1) is 0 Å². The molecule has 2 aliphatic heterocycles. The van der Waals surface area contributed by atoms with Crippen LogP contribution in [-0.2, 0) is 14.8 Å². The van der Waals surface area contributed by atoms with E-state index in [-0.39, 0.29) is 12.8 Å². The SMILES string of the molecule is NS(=O)(=O)c1cnc(OCC2(F)CCN(C3COC3)CC2)c([N+](=O)[O-])c1. The van der Waals surface area contributed by atoms with Gasteiger partial charge in [0.15, 0.2) is 0 Å². The number of sulfonamides is 1. The lowest BCUT2D eigenvalue weighted by molar-refractivity contribution is -0.386. The molecule has 12 heteroatoms. The molecule has 0 aliphatic carbocycles. The quantitative estimate of drug-likeness (QED) is 0.538. The molecule has 2 saturated heterocycles. The summed E-state index contributed by atoms with van der Waals surface area (Å²) in [7, 11) is -4.15. The largest absolute Gasteiger partial charge is 0.469 e. The monoisotopic (exact) mass is 390 g/mol. The molecular weight excluding hydrogens is 371 g/mol. The van der Waals surface area contributed by atoms with Crippen LogP contribution in [0.3, 0.4) is 0 Å². The molecule has 1 aromatic heterocycles. The van der Waals surface area contributed by atoms with E-state index in [0.717, 1.165) is 12.3 Å². The van der Waals surface area contributed by atoms with E-state index in [0.29, 0.717) is 32.3 Å². The number of pyridine rings is 1. The van der Waals surface area contributed by atoms with Crippen LogP contribution in [0.5, 0.6) is 5.88 Å². The Morgan fingerprint density at radius 1 is 1.46 bits per heavy atom. The summed E-state index contributed by atoms with van der Waals surface area (Å²) >= 11 is 0. The summed E-state index contributed by atoms with van der Waals surface area (Å²) in [6.07, 6.45) is 1.31. The van der Waals surface area contributed by atoms with Crippen LogP contribution in [0.4, 0.5) is 10.1 Å². The first-order valence-corrected chi connectivity index (χ1v) is 9.53. The third-order valence-corrected chi connectivity index (χ3v) is 5.51. The molecular formula is C14H19FN4O6S. The molecule has 0 radical (unpaired) electrons. The normalized spacial score (nSPS) is 21.2. The highest BCUT2D eigenvalue weighted by Gasteiger charge is 2.39. The fraction of sp³-hybridized carbons (Fsp3) is 0.643. The van der Waals surface area contributed by atoms with Gasteiger partial charge in [-0.05, 0) is 12.8 Å². The van der Waals surface area contributed by atoms with Crippen molar-refractivity contribution in [3.8, 4) is 5.88 Å². The minimum absolute atomic E-state index is 0.229. The fourth-order valence-corrected chi connectivity index (χ4v) is 3.36. The number of aromatic nitrogens is 1. The van der Waals surface area contributed by atoms with Gasteiger partial charge >= 0.3 is 5.69 Å². The van der Waals surface area contributed by atoms with E-state index in [1.807, 2.05) is 0 Å². The van der Waals surface area contributed by atoms with Crippen LogP contribution in [0.2, 0.25) is 0 Å². The summed E-state index contributed by atoms with van der Waals surface area (Å²) in [6.45, 7) is 2.01. The van der Waals surface area contributed by atoms with Crippen LogP contribution in [0.15, 0.2) is 17.2 Å². The van der Waals surface area contributed by atoms with Gasteiger partial charge in [-0.3, -0.25) is 15.0 Å². The number of primary sulfonamides is 1. The maximum absolute atomic E-state index is 14.9. The molecule has 2 aliphatic rings. The van der Waals surface area contributed by atoms with Crippen molar-refractivity contribution in [3.63, 3.8) is 0 Å². The number of nitrogens with zero attached hydrogens (tertiary/aromatic N) is 3. The van der Waals surface area contributed by atoms with Gasteiger partial charge in [0.25, 0.3) is 5.88 Å². The predicted octanol–water partition coefficient (Wildman–Crippen LogP) is 0.219. The van der Waals surface area contributed by atoms with E-state index in [9.17, 15) is 22.9 Å². The van der Waals surface area contributed by atoms with Crippen molar-refractivity contribution < 1.29 is 27.2 Å². The highest BCUT2D eigenvalue weighted by molar-refractivity contribution is 7.89. The van der Waals surface area contributed by atoms with Crippen LogP contribution in [0, 0.1) is 10.1 Å². The number of nitro groups is 1. The zero-order valence-electron chi connectivity index (χ0n) is 13.8. The molecule has 3 rings (SSSR count). The Morgan fingerprint density at radius 3 is 2.62 bits per heavy atom. The van der Waals surface area contributed by atoms with E-state index in [1.54, 1.807) is 0 Å². The second-order valence-corrected chi connectivity index (χ2v) is 8.03. The number of nitrogens with two attached hydrogens (primary N) is 1. The molecule has 2 fully saturated rings. The molecule has 0 aromatic carbocycles. The van der Waals surface area contributed by atoms with Crippen molar-refractivity contribution in [2.75, 3.05) is 32.9 Å². The summed E-state index contributed by atoms with van der Waals surface area (Å²) in [5.74, 6) is -0.436. The minimum Gasteiger partial charge on any atom is -0.469 e. The third kappa shape index (κ3) is 4.09. The fourth-order valence-electron chi connectivity index (χ4n) is 2.89. The van der Waals surface area contributed by atoms with E-state index in [4.69, 9.17) is 14.6 Å². The average Bonchev–Trinajstić information content (AvgIpc) is 2.52. The average molecular weight is 390 g/mol. The summed E-state index contributed by atoms with van der Waals surface area (Å²) in [5.41, 5.74) is -2.31. The van der Waals surface area contributed by atoms with E-state index >= 15 is 0 Å². The van der Waals surface area contributed by atoms with Gasteiger partial charge in [-0.2, -0.15) is 0 Å². The van der Waals surface area contributed by atoms with Gasteiger partial charge in [0, 0.05) is 19.2 Å². The van der Waals surface area contributed by atoms with E-state index < -0.39 is 43.7 Å². The molecule has 0 unspecified atom stereocenters. The first-order chi connectivity index (χ1) is 12.2. The molecule has 3 heterocycles. The van der Waals surface area contributed by atoms with Crippen molar-refractivity contribution in [2.24, 2.45) is 5.14 Å². The Balaban J connectivity index is 1.66. The smallest absolute Gasteiger partial charge is 0.332 e. The summed E-state index contributed by atoms with van der Waals surface area (Å²) in [6, 6.07) is 1.08. The molecule has 0 amide bonds. The number of hydrogen-bond acceptors (Lipinski definition) is 8. The maximum Gasteiger partial charge on any atom is 0.332 e. The van der Waals surface area contributed by atoms with Gasteiger partial charge < -0.3 is 9.47 Å². The Morgan fingerprint density at radius 2 is 2.12 bits per heavy atom. The van der Waals surface area contributed by atoms with Crippen molar-refractivity contribution >= 4 is 15.7 Å².